The van der Waals surface area contributed by atoms with Crippen molar-refractivity contribution in [2.24, 2.45) is 0 Å². The van der Waals surface area contributed by atoms with Crippen LogP contribution in [-0.4, -0.2) is 10.5 Å². The van der Waals surface area contributed by atoms with E-state index in [0.717, 1.165) is 5.56 Å². The Morgan fingerprint density at radius 3 is 2.33 bits per heavy atom. The molecule has 3 rings (SSSR count). The monoisotopic (exact) mass is 326 g/mol. The SMILES string of the molecule is O=C(C[C@@H](c1ccc(F)cc1)n1cccc1)Nc1cccc(F)c1. The van der Waals surface area contributed by atoms with Crippen LogP contribution in [0.5, 0.6) is 0 Å². The lowest BCUT2D eigenvalue weighted by atomic mass is 10.0. The third-order valence-electron chi connectivity index (χ3n) is 3.73. The van der Waals surface area contributed by atoms with Gasteiger partial charge in [-0.05, 0) is 48.0 Å². The van der Waals surface area contributed by atoms with Gasteiger partial charge in [0, 0.05) is 18.1 Å². The first kappa shape index (κ1) is 15.9. The molecule has 5 heteroatoms. The van der Waals surface area contributed by atoms with E-state index in [1.165, 1.54) is 30.3 Å². The van der Waals surface area contributed by atoms with Gasteiger partial charge in [-0.15, -0.1) is 0 Å². The van der Waals surface area contributed by atoms with Gasteiger partial charge in [0.2, 0.25) is 5.91 Å². The van der Waals surface area contributed by atoms with Crippen molar-refractivity contribution >= 4 is 11.6 Å². The second-order valence-corrected chi connectivity index (χ2v) is 5.46. The molecule has 1 amide bonds. The Hall–Kier alpha value is -2.95. The second-order valence-electron chi connectivity index (χ2n) is 5.46. The number of anilines is 1. The molecule has 24 heavy (non-hydrogen) atoms. The molecule has 1 N–H and O–H groups in total. The maximum Gasteiger partial charge on any atom is 0.226 e. The molecule has 0 aliphatic heterocycles. The number of amides is 1. The zero-order valence-corrected chi connectivity index (χ0v) is 12.8. The maximum atomic E-state index is 13.2. The Morgan fingerprint density at radius 2 is 1.67 bits per heavy atom. The Labute approximate surface area is 138 Å². The van der Waals surface area contributed by atoms with Crippen molar-refractivity contribution in [1.29, 1.82) is 0 Å². The molecule has 3 nitrogen and oxygen atoms in total. The number of nitrogens with one attached hydrogen (secondary N) is 1. The first-order valence-corrected chi connectivity index (χ1v) is 7.55. The molecular weight excluding hydrogens is 310 g/mol. The van der Waals surface area contributed by atoms with Crippen LogP contribution in [0.1, 0.15) is 18.0 Å². The summed E-state index contributed by atoms with van der Waals surface area (Å²) in [5, 5.41) is 2.69. The van der Waals surface area contributed by atoms with Crippen LogP contribution < -0.4 is 5.32 Å². The van der Waals surface area contributed by atoms with Gasteiger partial charge in [0.1, 0.15) is 11.6 Å². The summed E-state index contributed by atoms with van der Waals surface area (Å²) in [5.74, 6) is -0.980. The summed E-state index contributed by atoms with van der Waals surface area (Å²) in [4.78, 5) is 12.3. The summed E-state index contributed by atoms with van der Waals surface area (Å²) in [7, 11) is 0. The Balaban J connectivity index is 1.79. The third-order valence-corrected chi connectivity index (χ3v) is 3.73. The highest BCUT2D eigenvalue weighted by Crippen LogP contribution is 2.23. The summed E-state index contributed by atoms with van der Waals surface area (Å²) in [6.45, 7) is 0. The van der Waals surface area contributed by atoms with Crippen molar-refractivity contribution in [3.05, 3.63) is 90.3 Å². The zero-order valence-electron chi connectivity index (χ0n) is 12.8. The van der Waals surface area contributed by atoms with Gasteiger partial charge in [-0.3, -0.25) is 4.79 Å². The van der Waals surface area contributed by atoms with Crippen molar-refractivity contribution in [1.82, 2.24) is 4.57 Å². The summed E-state index contributed by atoms with van der Waals surface area (Å²) in [6.07, 6.45) is 3.85. The van der Waals surface area contributed by atoms with E-state index in [0.29, 0.717) is 5.69 Å². The van der Waals surface area contributed by atoms with Gasteiger partial charge in [-0.2, -0.15) is 0 Å². The number of hydrogen-bond acceptors (Lipinski definition) is 1. The summed E-state index contributed by atoms with van der Waals surface area (Å²) in [5.41, 5.74) is 1.23. The number of carbonyl (C=O) groups excluding carboxylic acids is 1. The molecule has 0 radical (unpaired) electrons. The minimum Gasteiger partial charge on any atom is -0.346 e. The highest BCUT2D eigenvalue weighted by molar-refractivity contribution is 5.91. The fraction of sp³-hybridized carbons (Fsp3) is 0.105. The fourth-order valence-electron chi connectivity index (χ4n) is 2.59. The van der Waals surface area contributed by atoms with E-state index in [-0.39, 0.29) is 24.2 Å². The van der Waals surface area contributed by atoms with Gasteiger partial charge < -0.3 is 9.88 Å². The highest BCUT2D eigenvalue weighted by Gasteiger charge is 2.17. The van der Waals surface area contributed by atoms with Crippen molar-refractivity contribution in [3.63, 3.8) is 0 Å². The molecule has 122 valence electrons. The molecule has 0 aliphatic rings. The van der Waals surface area contributed by atoms with Crippen molar-refractivity contribution in [2.45, 2.75) is 12.5 Å². The molecule has 1 aromatic heterocycles. The first-order chi connectivity index (χ1) is 11.6. The largest absolute Gasteiger partial charge is 0.346 e. The van der Waals surface area contributed by atoms with E-state index in [2.05, 4.69) is 5.32 Å². The molecule has 0 fully saturated rings. The number of nitrogens with zero attached hydrogens (tertiary/aromatic N) is 1. The number of halogens is 2. The van der Waals surface area contributed by atoms with E-state index >= 15 is 0 Å². The number of carbonyl (C=O) groups is 1. The van der Waals surface area contributed by atoms with Crippen LogP contribution >= 0.6 is 0 Å². The smallest absolute Gasteiger partial charge is 0.226 e. The van der Waals surface area contributed by atoms with E-state index in [1.54, 1.807) is 18.2 Å². The standard InChI is InChI=1S/C19H16F2N2O/c20-15-8-6-14(7-9-15)18(23-10-1-2-11-23)13-19(24)22-17-5-3-4-16(21)12-17/h1-12,18H,13H2,(H,22,24)/t18-/m0/s1. The lowest BCUT2D eigenvalue weighted by Crippen LogP contribution is -2.19. The molecule has 0 unspecified atom stereocenters. The Morgan fingerprint density at radius 1 is 0.958 bits per heavy atom. The molecule has 1 atom stereocenters. The molecular formula is C19H16F2N2O. The summed E-state index contributed by atoms with van der Waals surface area (Å²) < 4.78 is 28.3. The lowest BCUT2D eigenvalue weighted by molar-refractivity contribution is -0.116. The average molecular weight is 326 g/mol. The van der Waals surface area contributed by atoms with E-state index < -0.39 is 5.82 Å². The van der Waals surface area contributed by atoms with Crippen LogP contribution in [0.2, 0.25) is 0 Å². The average Bonchev–Trinajstić information content (AvgIpc) is 3.08. The Kier molecular flexibility index (Phi) is 4.70. The Bertz CT molecular complexity index is 814. The molecule has 0 saturated heterocycles. The fourth-order valence-corrected chi connectivity index (χ4v) is 2.59. The number of benzene rings is 2. The van der Waals surface area contributed by atoms with Gasteiger partial charge in [-0.1, -0.05) is 18.2 Å². The first-order valence-electron chi connectivity index (χ1n) is 7.55. The molecule has 3 aromatic rings. The van der Waals surface area contributed by atoms with Crippen molar-refractivity contribution in [3.8, 4) is 0 Å². The lowest BCUT2D eigenvalue weighted by Gasteiger charge is -2.19. The van der Waals surface area contributed by atoms with E-state index in [1.807, 2.05) is 29.1 Å². The van der Waals surface area contributed by atoms with Crippen LogP contribution in [-0.2, 0) is 4.79 Å². The predicted molar refractivity (Wildman–Crippen MR) is 88.6 cm³/mol. The maximum absolute atomic E-state index is 13.2. The van der Waals surface area contributed by atoms with Crippen LogP contribution in [0, 0.1) is 11.6 Å². The van der Waals surface area contributed by atoms with Crippen molar-refractivity contribution < 1.29 is 13.6 Å². The number of hydrogen-bond donors (Lipinski definition) is 1. The van der Waals surface area contributed by atoms with Gasteiger partial charge >= 0.3 is 0 Å². The molecule has 2 aromatic carbocycles. The zero-order chi connectivity index (χ0) is 16.9. The minimum atomic E-state index is -0.409. The second kappa shape index (κ2) is 7.08. The molecule has 0 saturated carbocycles. The molecule has 0 aliphatic carbocycles. The molecule has 0 bridgehead atoms. The molecule has 1 heterocycles. The van der Waals surface area contributed by atoms with Gasteiger partial charge in [0.15, 0.2) is 0 Å². The van der Waals surface area contributed by atoms with Crippen LogP contribution in [0.15, 0.2) is 73.1 Å². The van der Waals surface area contributed by atoms with Gasteiger partial charge in [-0.25, -0.2) is 8.78 Å². The van der Waals surface area contributed by atoms with Gasteiger partial charge in [0.25, 0.3) is 0 Å². The minimum absolute atomic E-state index is 0.150. The summed E-state index contributed by atoms with van der Waals surface area (Å²) in [6, 6.07) is 15.3. The third kappa shape index (κ3) is 3.87. The predicted octanol–water partition coefficient (Wildman–Crippen LogP) is 4.38. The van der Waals surface area contributed by atoms with Crippen LogP contribution in [0.4, 0.5) is 14.5 Å². The van der Waals surface area contributed by atoms with E-state index in [4.69, 9.17) is 0 Å². The normalized spacial score (nSPS) is 11.9. The highest BCUT2D eigenvalue weighted by atomic mass is 19.1. The molecule has 0 spiro atoms. The van der Waals surface area contributed by atoms with Crippen molar-refractivity contribution in [2.75, 3.05) is 5.32 Å². The van der Waals surface area contributed by atoms with E-state index in [9.17, 15) is 13.6 Å². The van der Waals surface area contributed by atoms with Crippen LogP contribution in [0.3, 0.4) is 0 Å². The number of aromatic nitrogens is 1. The summed E-state index contributed by atoms with van der Waals surface area (Å²) >= 11 is 0. The van der Waals surface area contributed by atoms with Crippen LogP contribution in [0.25, 0.3) is 0 Å². The number of rotatable bonds is 5. The quantitative estimate of drug-likeness (QED) is 0.741. The van der Waals surface area contributed by atoms with Gasteiger partial charge in [0.05, 0.1) is 12.5 Å². The topological polar surface area (TPSA) is 34.0 Å².